The van der Waals surface area contributed by atoms with E-state index in [1.807, 2.05) is 50.4 Å². The Morgan fingerprint density at radius 1 is 1.35 bits per heavy atom. The normalized spacial score (nSPS) is 11.3. The first kappa shape index (κ1) is 17.4. The SMILES string of the molecule is CCOc1ccc(-c2nc(CC(=O)NCC(C)(C)N)cs2)cc1. The van der Waals surface area contributed by atoms with Crippen LogP contribution in [-0.2, 0) is 11.2 Å². The van der Waals surface area contributed by atoms with Crippen molar-refractivity contribution < 1.29 is 9.53 Å². The summed E-state index contributed by atoms with van der Waals surface area (Å²) in [6, 6.07) is 7.81. The zero-order valence-corrected chi connectivity index (χ0v) is 14.6. The van der Waals surface area contributed by atoms with Gasteiger partial charge in [0.05, 0.1) is 18.7 Å². The summed E-state index contributed by atoms with van der Waals surface area (Å²) in [5.74, 6) is 0.781. The molecule has 1 amide bonds. The molecule has 0 aliphatic rings. The fraction of sp³-hybridized carbons (Fsp3) is 0.412. The van der Waals surface area contributed by atoms with Crippen molar-refractivity contribution in [1.82, 2.24) is 10.3 Å². The zero-order valence-electron chi connectivity index (χ0n) is 13.8. The maximum atomic E-state index is 11.9. The van der Waals surface area contributed by atoms with E-state index in [1.165, 1.54) is 11.3 Å². The minimum Gasteiger partial charge on any atom is -0.494 e. The monoisotopic (exact) mass is 333 g/mol. The standard InChI is InChI=1S/C17H23N3O2S/c1-4-22-14-7-5-12(6-8-14)16-20-13(10-23-16)9-15(21)19-11-17(2,3)18/h5-8,10H,4,9,11,18H2,1-3H3,(H,19,21). The molecule has 0 fully saturated rings. The minimum absolute atomic E-state index is 0.0629. The summed E-state index contributed by atoms with van der Waals surface area (Å²) in [5, 5.41) is 5.64. The Hall–Kier alpha value is -1.92. The van der Waals surface area contributed by atoms with Gasteiger partial charge in [0.1, 0.15) is 10.8 Å². The van der Waals surface area contributed by atoms with Crippen LogP contribution in [-0.4, -0.2) is 29.6 Å². The first-order chi connectivity index (χ1) is 10.9. The fourth-order valence-electron chi connectivity index (χ4n) is 1.93. The van der Waals surface area contributed by atoms with Crippen LogP contribution in [0.15, 0.2) is 29.6 Å². The summed E-state index contributed by atoms with van der Waals surface area (Å²) in [5.41, 5.74) is 7.23. The van der Waals surface area contributed by atoms with Crippen LogP contribution < -0.4 is 15.8 Å². The van der Waals surface area contributed by atoms with Crippen molar-refractivity contribution in [3.05, 3.63) is 35.3 Å². The van der Waals surface area contributed by atoms with Crippen molar-refractivity contribution in [1.29, 1.82) is 0 Å². The highest BCUT2D eigenvalue weighted by molar-refractivity contribution is 7.13. The van der Waals surface area contributed by atoms with Crippen LogP contribution in [0.3, 0.4) is 0 Å². The maximum absolute atomic E-state index is 11.9. The van der Waals surface area contributed by atoms with Gasteiger partial charge in [0.2, 0.25) is 5.91 Å². The Kier molecular flexibility index (Phi) is 5.74. The van der Waals surface area contributed by atoms with Crippen molar-refractivity contribution in [3.8, 4) is 16.3 Å². The Bertz CT molecular complexity index is 645. The lowest BCUT2D eigenvalue weighted by Crippen LogP contribution is -2.45. The van der Waals surface area contributed by atoms with Crippen LogP contribution in [0.4, 0.5) is 0 Å². The van der Waals surface area contributed by atoms with Gasteiger partial charge in [-0.15, -0.1) is 11.3 Å². The van der Waals surface area contributed by atoms with Crippen LogP contribution in [0.5, 0.6) is 5.75 Å². The van der Waals surface area contributed by atoms with Crippen LogP contribution in [0.1, 0.15) is 26.5 Å². The second kappa shape index (κ2) is 7.57. The Morgan fingerprint density at radius 2 is 2.04 bits per heavy atom. The summed E-state index contributed by atoms with van der Waals surface area (Å²) in [4.78, 5) is 16.4. The summed E-state index contributed by atoms with van der Waals surface area (Å²) in [6.07, 6.45) is 0.267. The number of hydrogen-bond donors (Lipinski definition) is 2. The molecule has 0 atom stereocenters. The number of aromatic nitrogens is 1. The van der Waals surface area contributed by atoms with Crippen LogP contribution in [0.2, 0.25) is 0 Å². The topological polar surface area (TPSA) is 77.2 Å². The van der Waals surface area contributed by atoms with Gasteiger partial charge in [-0.1, -0.05) is 0 Å². The number of nitrogens with zero attached hydrogens (tertiary/aromatic N) is 1. The quantitative estimate of drug-likeness (QED) is 0.816. The van der Waals surface area contributed by atoms with E-state index in [1.54, 1.807) is 0 Å². The van der Waals surface area contributed by atoms with Crippen LogP contribution in [0.25, 0.3) is 10.6 Å². The lowest BCUT2D eigenvalue weighted by molar-refractivity contribution is -0.120. The van der Waals surface area contributed by atoms with Crippen molar-refractivity contribution in [2.45, 2.75) is 32.7 Å². The van der Waals surface area contributed by atoms with Crippen molar-refractivity contribution >= 4 is 17.2 Å². The molecule has 0 aliphatic carbocycles. The summed E-state index contributed by atoms with van der Waals surface area (Å²) >= 11 is 1.53. The predicted octanol–water partition coefficient (Wildman–Crippen LogP) is 2.60. The van der Waals surface area contributed by atoms with E-state index in [0.717, 1.165) is 22.0 Å². The molecule has 3 N–H and O–H groups in total. The van der Waals surface area contributed by atoms with Gasteiger partial charge >= 0.3 is 0 Å². The van der Waals surface area contributed by atoms with Gasteiger partial charge in [-0.3, -0.25) is 4.79 Å². The van der Waals surface area contributed by atoms with Gasteiger partial charge in [0.15, 0.2) is 0 Å². The summed E-state index contributed by atoms with van der Waals surface area (Å²) in [7, 11) is 0. The molecule has 0 radical (unpaired) electrons. The van der Waals surface area contributed by atoms with Gasteiger partial charge in [-0.25, -0.2) is 4.98 Å². The summed E-state index contributed by atoms with van der Waals surface area (Å²) < 4.78 is 5.43. The van der Waals surface area contributed by atoms with E-state index >= 15 is 0 Å². The molecular formula is C17H23N3O2S. The molecule has 0 aliphatic heterocycles. The number of nitrogens with two attached hydrogens (primary N) is 1. The molecule has 124 valence electrons. The van der Waals surface area contributed by atoms with Gasteiger partial charge in [-0.05, 0) is 45.0 Å². The highest BCUT2D eigenvalue weighted by atomic mass is 32.1. The van der Waals surface area contributed by atoms with Gasteiger partial charge in [-0.2, -0.15) is 0 Å². The van der Waals surface area contributed by atoms with Gasteiger partial charge < -0.3 is 15.8 Å². The molecule has 5 nitrogen and oxygen atoms in total. The number of nitrogens with one attached hydrogen (secondary N) is 1. The number of amides is 1. The predicted molar refractivity (Wildman–Crippen MR) is 93.7 cm³/mol. The van der Waals surface area contributed by atoms with Crippen molar-refractivity contribution in [2.75, 3.05) is 13.2 Å². The van der Waals surface area contributed by atoms with Crippen molar-refractivity contribution in [2.24, 2.45) is 5.73 Å². The number of benzene rings is 1. The third-order valence-corrected chi connectivity index (χ3v) is 3.99. The maximum Gasteiger partial charge on any atom is 0.226 e. The largest absolute Gasteiger partial charge is 0.494 e. The molecule has 1 aromatic carbocycles. The van der Waals surface area contributed by atoms with E-state index in [-0.39, 0.29) is 12.3 Å². The Morgan fingerprint density at radius 3 is 2.65 bits per heavy atom. The van der Waals surface area contributed by atoms with E-state index < -0.39 is 5.54 Å². The Labute approximate surface area is 140 Å². The number of rotatable bonds is 7. The number of ether oxygens (including phenoxy) is 1. The van der Waals surface area contributed by atoms with E-state index in [9.17, 15) is 4.79 Å². The molecular weight excluding hydrogens is 310 g/mol. The van der Waals surface area contributed by atoms with Crippen LogP contribution >= 0.6 is 11.3 Å². The zero-order chi connectivity index (χ0) is 16.9. The first-order valence-corrected chi connectivity index (χ1v) is 8.48. The molecule has 0 saturated carbocycles. The van der Waals surface area contributed by atoms with Gasteiger partial charge in [0.25, 0.3) is 0 Å². The average molecular weight is 333 g/mol. The average Bonchev–Trinajstić information content (AvgIpc) is 2.94. The molecule has 23 heavy (non-hydrogen) atoms. The second-order valence-electron chi connectivity index (χ2n) is 6.04. The van der Waals surface area contributed by atoms with Gasteiger partial charge in [0, 0.05) is 23.0 Å². The van der Waals surface area contributed by atoms with Crippen LogP contribution in [0, 0.1) is 0 Å². The number of carbonyl (C=O) groups excluding carboxylic acids is 1. The molecule has 0 bridgehead atoms. The molecule has 2 aromatic rings. The fourth-order valence-corrected chi connectivity index (χ4v) is 2.76. The smallest absolute Gasteiger partial charge is 0.226 e. The third-order valence-electron chi connectivity index (χ3n) is 3.05. The second-order valence-corrected chi connectivity index (χ2v) is 6.90. The Balaban J connectivity index is 1.96. The summed E-state index contributed by atoms with van der Waals surface area (Å²) in [6.45, 7) is 6.80. The third kappa shape index (κ3) is 5.65. The number of carbonyl (C=O) groups is 1. The highest BCUT2D eigenvalue weighted by Gasteiger charge is 2.14. The van der Waals surface area contributed by atoms with E-state index in [0.29, 0.717) is 13.2 Å². The number of thiazole rings is 1. The highest BCUT2D eigenvalue weighted by Crippen LogP contribution is 2.25. The molecule has 6 heteroatoms. The molecule has 0 saturated heterocycles. The molecule has 0 unspecified atom stereocenters. The lowest BCUT2D eigenvalue weighted by atomic mass is 10.1. The lowest BCUT2D eigenvalue weighted by Gasteiger charge is -2.18. The number of hydrogen-bond acceptors (Lipinski definition) is 5. The van der Waals surface area contributed by atoms with E-state index in [4.69, 9.17) is 10.5 Å². The molecule has 0 spiro atoms. The molecule has 1 aromatic heterocycles. The van der Waals surface area contributed by atoms with E-state index in [2.05, 4.69) is 10.3 Å². The first-order valence-electron chi connectivity index (χ1n) is 7.60. The minimum atomic E-state index is -0.412. The molecule has 2 rings (SSSR count). The molecule has 1 heterocycles. The van der Waals surface area contributed by atoms with Crippen molar-refractivity contribution in [3.63, 3.8) is 0 Å².